The number of anilines is 1. The molecule has 3 rings (SSSR count). The second-order valence-electron chi connectivity index (χ2n) is 7.83. The Bertz CT molecular complexity index is 820. The predicted octanol–water partition coefficient (Wildman–Crippen LogP) is 3.95. The molecule has 1 unspecified atom stereocenters. The van der Waals surface area contributed by atoms with Gasteiger partial charge in [-0.05, 0) is 38.3 Å². The highest BCUT2D eigenvalue weighted by atomic mass is 19.4. The molecule has 200 valence electrons. The lowest BCUT2D eigenvalue weighted by Crippen LogP contribution is -2.55. The fraction of sp³-hybridized carbons (Fsp3) is 0.667. The van der Waals surface area contributed by atoms with Gasteiger partial charge in [0.05, 0.1) is 11.8 Å². The number of pyridine rings is 1. The lowest BCUT2D eigenvalue weighted by atomic mass is 10.1. The number of piperazine rings is 1. The molecule has 8 nitrogen and oxygen atoms in total. The van der Waals surface area contributed by atoms with Crippen LogP contribution in [0, 0.1) is 0 Å². The number of carboxylic acid groups (broad SMARTS) is 2. The van der Waals surface area contributed by atoms with Crippen molar-refractivity contribution in [3.05, 3.63) is 23.4 Å². The first-order valence-electron chi connectivity index (χ1n) is 10.8. The summed E-state index contributed by atoms with van der Waals surface area (Å²) in [5.74, 6) is -4.31. The third-order valence-corrected chi connectivity index (χ3v) is 5.10. The third kappa shape index (κ3) is 9.17. The van der Waals surface area contributed by atoms with E-state index in [1.54, 1.807) is 0 Å². The number of aromatic nitrogens is 1. The van der Waals surface area contributed by atoms with E-state index in [9.17, 15) is 26.3 Å². The van der Waals surface area contributed by atoms with Crippen molar-refractivity contribution >= 4 is 17.8 Å². The highest BCUT2D eigenvalue weighted by Crippen LogP contribution is 2.35. The number of hydrogen-bond acceptors (Lipinski definition) is 6. The molecule has 1 saturated heterocycles. The van der Waals surface area contributed by atoms with E-state index in [2.05, 4.69) is 43.1 Å². The molecule has 1 aromatic rings. The number of alkyl halides is 6. The van der Waals surface area contributed by atoms with Gasteiger partial charge in [-0.25, -0.2) is 14.6 Å². The van der Waals surface area contributed by atoms with Crippen LogP contribution in [0.25, 0.3) is 0 Å². The van der Waals surface area contributed by atoms with Gasteiger partial charge in [0, 0.05) is 31.8 Å². The molecule has 1 aromatic heterocycles. The Labute approximate surface area is 198 Å². The van der Waals surface area contributed by atoms with Crippen molar-refractivity contribution < 1.29 is 50.9 Å². The summed E-state index contributed by atoms with van der Waals surface area (Å²) in [4.78, 5) is 25.3. The molecule has 0 bridgehead atoms. The van der Waals surface area contributed by atoms with Gasteiger partial charge >= 0.3 is 24.3 Å². The van der Waals surface area contributed by atoms with Crippen molar-refractivity contribution in [3.63, 3.8) is 0 Å². The molecule has 1 fully saturated rings. The molecule has 2 aliphatic heterocycles. The molecule has 0 saturated carbocycles. The molecule has 35 heavy (non-hydrogen) atoms. The van der Waals surface area contributed by atoms with Crippen LogP contribution >= 0.6 is 0 Å². The van der Waals surface area contributed by atoms with Crippen LogP contribution < -0.4 is 10.2 Å². The zero-order chi connectivity index (χ0) is 27.0. The van der Waals surface area contributed by atoms with Gasteiger partial charge in [0.1, 0.15) is 5.82 Å². The summed E-state index contributed by atoms with van der Waals surface area (Å²) >= 11 is 0. The van der Waals surface area contributed by atoms with E-state index in [-0.39, 0.29) is 6.10 Å². The van der Waals surface area contributed by atoms with Crippen LogP contribution in [0.5, 0.6) is 0 Å². The van der Waals surface area contributed by atoms with E-state index in [0.29, 0.717) is 12.1 Å². The summed E-state index contributed by atoms with van der Waals surface area (Å²) in [5.41, 5.74) is 2.50. The van der Waals surface area contributed by atoms with Crippen LogP contribution in [-0.4, -0.2) is 71.3 Å². The van der Waals surface area contributed by atoms with Crippen LogP contribution in [0.1, 0.15) is 51.0 Å². The Morgan fingerprint density at radius 3 is 2.11 bits per heavy atom. The minimum atomic E-state index is -5.08. The number of carboxylic acids is 2. The van der Waals surface area contributed by atoms with Crippen molar-refractivity contribution in [2.75, 3.05) is 24.6 Å². The Hall–Kier alpha value is -2.61. The van der Waals surface area contributed by atoms with Crippen molar-refractivity contribution in [3.8, 4) is 0 Å². The van der Waals surface area contributed by atoms with Gasteiger partial charge in [-0.3, -0.25) is 0 Å². The van der Waals surface area contributed by atoms with Gasteiger partial charge in [-0.2, -0.15) is 26.3 Å². The van der Waals surface area contributed by atoms with Crippen LogP contribution in [0.2, 0.25) is 0 Å². The molecule has 0 radical (unpaired) electrons. The van der Waals surface area contributed by atoms with Gasteiger partial charge in [0.15, 0.2) is 0 Å². The van der Waals surface area contributed by atoms with E-state index in [1.807, 2.05) is 0 Å². The molecular weight excluding hydrogens is 488 g/mol. The zero-order valence-corrected chi connectivity index (χ0v) is 19.4. The molecule has 3 N–H and O–H groups in total. The van der Waals surface area contributed by atoms with Gasteiger partial charge in [0.25, 0.3) is 0 Å². The average Bonchev–Trinajstić information content (AvgIpc) is 3.12. The average molecular weight is 517 g/mol. The smallest absolute Gasteiger partial charge is 0.475 e. The van der Waals surface area contributed by atoms with Crippen molar-refractivity contribution in [2.45, 2.75) is 70.6 Å². The molecule has 0 amide bonds. The van der Waals surface area contributed by atoms with Gasteiger partial charge in [-0.1, -0.05) is 19.4 Å². The highest BCUT2D eigenvalue weighted by molar-refractivity contribution is 5.73. The number of nitrogens with one attached hydrogen (secondary N) is 1. The SMILES string of the molecule is CCCC(OCC)c1ccc2c(n1)N1[C@@H](CNC[C@H]1C)C2.O=C(O)C(F)(F)F.O=C(O)C(F)(F)F. The first-order chi connectivity index (χ1) is 16.1. The maximum Gasteiger partial charge on any atom is 0.490 e. The maximum atomic E-state index is 10.6. The number of hydrogen-bond donors (Lipinski definition) is 3. The minimum Gasteiger partial charge on any atom is -0.475 e. The minimum absolute atomic E-state index is 0.141. The normalized spacial score (nSPS) is 19.9. The monoisotopic (exact) mass is 517 g/mol. The zero-order valence-electron chi connectivity index (χ0n) is 19.4. The topological polar surface area (TPSA) is 112 Å². The molecule has 0 spiro atoms. The second-order valence-corrected chi connectivity index (χ2v) is 7.83. The first kappa shape index (κ1) is 30.4. The quantitative estimate of drug-likeness (QED) is 0.504. The third-order valence-electron chi connectivity index (χ3n) is 5.10. The highest BCUT2D eigenvalue weighted by Gasteiger charge is 2.39. The van der Waals surface area contributed by atoms with E-state index in [4.69, 9.17) is 29.5 Å². The summed E-state index contributed by atoms with van der Waals surface area (Å²) in [7, 11) is 0. The van der Waals surface area contributed by atoms with Crippen LogP contribution in [0.3, 0.4) is 0 Å². The van der Waals surface area contributed by atoms with Gasteiger partial charge < -0.3 is 25.2 Å². The summed E-state index contributed by atoms with van der Waals surface area (Å²) in [6.45, 7) is 9.41. The summed E-state index contributed by atoms with van der Waals surface area (Å²) in [5, 5.41) is 17.8. The van der Waals surface area contributed by atoms with Gasteiger partial charge in [0.2, 0.25) is 0 Å². The predicted molar refractivity (Wildman–Crippen MR) is 113 cm³/mol. The van der Waals surface area contributed by atoms with Crippen molar-refractivity contribution in [2.24, 2.45) is 0 Å². The number of aliphatic carboxylic acids is 2. The van der Waals surface area contributed by atoms with E-state index < -0.39 is 24.3 Å². The molecule has 14 heteroatoms. The molecule has 3 atom stereocenters. The van der Waals surface area contributed by atoms with Gasteiger partial charge in [-0.15, -0.1) is 0 Å². The van der Waals surface area contributed by atoms with E-state index in [0.717, 1.165) is 44.7 Å². The van der Waals surface area contributed by atoms with Crippen molar-refractivity contribution in [1.29, 1.82) is 0 Å². The largest absolute Gasteiger partial charge is 0.490 e. The Morgan fingerprint density at radius 1 is 1.11 bits per heavy atom. The summed E-state index contributed by atoms with van der Waals surface area (Å²) in [6, 6.07) is 5.53. The lowest BCUT2D eigenvalue weighted by Gasteiger charge is -2.38. The Kier molecular flexibility index (Phi) is 11.2. The van der Waals surface area contributed by atoms with Crippen molar-refractivity contribution in [1.82, 2.24) is 10.3 Å². The number of halogens is 6. The molecule has 3 heterocycles. The molecule has 0 aliphatic carbocycles. The summed E-state index contributed by atoms with van der Waals surface area (Å²) < 4.78 is 69.4. The van der Waals surface area contributed by atoms with Crippen LogP contribution in [0.15, 0.2) is 12.1 Å². The molecule has 0 aromatic carbocycles. The summed E-state index contributed by atoms with van der Waals surface area (Å²) in [6.07, 6.45) is -6.74. The number of fused-ring (bicyclic) bond motifs is 3. The Morgan fingerprint density at radius 2 is 1.66 bits per heavy atom. The first-order valence-corrected chi connectivity index (χ1v) is 10.8. The number of rotatable bonds is 5. The standard InChI is InChI=1S/C17H27N3O.2C2HF3O2/c1-4-6-16(21-5-2)15-8-7-13-9-14-11-18-10-12(3)20(14)17(13)19-15;2*3-2(4,5)1(6)7/h7-8,12,14,16,18H,4-6,9-11H2,1-3H3;2*(H,6,7)/t12-,14-,16?;;/m1../s1. The second kappa shape index (κ2) is 12.9. The van der Waals surface area contributed by atoms with Crippen LogP contribution in [0.4, 0.5) is 32.2 Å². The number of carbonyl (C=O) groups is 2. The number of nitrogens with zero attached hydrogens (tertiary/aromatic N) is 2. The molecular formula is C21H29F6N3O5. The fourth-order valence-electron chi connectivity index (χ4n) is 3.66. The van der Waals surface area contributed by atoms with Crippen LogP contribution in [-0.2, 0) is 20.7 Å². The Balaban J connectivity index is 0.000000362. The number of ether oxygens (including phenoxy) is 1. The van der Waals surface area contributed by atoms with E-state index in [1.165, 1.54) is 11.4 Å². The maximum absolute atomic E-state index is 10.6. The van der Waals surface area contributed by atoms with E-state index >= 15 is 0 Å². The lowest BCUT2D eigenvalue weighted by molar-refractivity contribution is -0.193. The fourth-order valence-corrected chi connectivity index (χ4v) is 3.66. The molecule has 2 aliphatic rings.